The number of aliphatic imine (C=N–C) groups is 1. The number of aromatic nitrogens is 3. The van der Waals surface area contributed by atoms with E-state index in [4.69, 9.17) is 17.2 Å². The van der Waals surface area contributed by atoms with E-state index >= 15 is 0 Å². The molecule has 22 heteroatoms. The number of hydrogen-bond acceptors (Lipinski definition) is 11. The SMILES string of the molecule is CCCCCCCCCCCCCCCCCC(=O)NCCCNC(=O)/C=N/NCC(=O)N[C@@H](Cc1cnc[nH]1)C(=O)N[C@H](Cc1ccccc1)C(=O)N[C@@H](CCCN=C(N)N)C(=O)N[C@@H](Cc1c[nH]c2ccccc12)C(N)=O. The van der Waals surface area contributed by atoms with Crippen molar-refractivity contribution in [2.24, 2.45) is 27.3 Å². The molecule has 15 N–H and O–H groups in total. The van der Waals surface area contributed by atoms with Gasteiger partial charge >= 0.3 is 0 Å². The zero-order chi connectivity index (χ0) is 56.9. The van der Waals surface area contributed by atoms with Gasteiger partial charge in [0.2, 0.25) is 35.4 Å². The fourth-order valence-corrected chi connectivity index (χ4v) is 9.00. The van der Waals surface area contributed by atoms with Gasteiger partial charge in [-0.05, 0) is 42.9 Å². The molecule has 0 saturated heterocycles. The summed E-state index contributed by atoms with van der Waals surface area (Å²) in [5, 5.41) is 21.2. The third-order valence-electron chi connectivity index (χ3n) is 13.4. The molecule has 2 aromatic heterocycles. The molecule has 0 radical (unpaired) electrons. The van der Waals surface area contributed by atoms with Crippen molar-refractivity contribution in [2.75, 3.05) is 26.2 Å². The molecule has 4 aromatic rings. The Hall–Kier alpha value is -7.78. The summed E-state index contributed by atoms with van der Waals surface area (Å²) in [5.41, 5.74) is 22.1. The molecule has 2 heterocycles. The number of benzene rings is 2. The number of nitrogens with one attached hydrogen (secondary N) is 9. The maximum atomic E-state index is 14.3. The number of nitrogens with two attached hydrogens (primary N) is 3. The van der Waals surface area contributed by atoms with Crippen molar-refractivity contribution in [3.8, 4) is 0 Å². The molecule has 4 atom stereocenters. The zero-order valence-corrected chi connectivity index (χ0v) is 46.1. The van der Waals surface area contributed by atoms with Gasteiger partial charge in [0.1, 0.15) is 36.9 Å². The van der Waals surface area contributed by atoms with Gasteiger partial charge in [0.25, 0.3) is 5.91 Å². The minimum absolute atomic E-state index is 0.00106. The number of carbonyl (C=O) groups excluding carboxylic acids is 7. The first-order valence-electron chi connectivity index (χ1n) is 28.2. The summed E-state index contributed by atoms with van der Waals surface area (Å²) in [5.74, 6) is -4.28. The van der Waals surface area contributed by atoms with Gasteiger partial charge in [0.05, 0.1) is 6.33 Å². The molecule has 2 aromatic carbocycles. The summed E-state index contributed by atoms with van der Waals surface area (Å²) in [7, 11) is 0. The summed E-state index contributed by atoms with van der Waals surface area (Å²) in [4.78, 5) is 107. The number of H-pyrrole nitrogens is 2. The molecule has 4 rings (SSSR count). The minimum atomic E-state index is -1.27. The number of imidazole rings is 1. The second-order valence-corrected chi connectivity index (χ2v) is 20.0. The first kappa shape index (κ1) is 63.8. The van der Waals surface area contributed by atoms with Gasteiger partial charge in [-0.2, -0.15) is 5.10 Å². The van der Waals surface area contributed by atoms with Gasteiger partial charge in [-0.15, -0.1) is 0 Å². The van der Waals surface area contributed by atoms with Crippen molar-refractivity contribution in [3.63, 3.8) is 0 Å². The molecule has 0 aliphatic rings. The van der Waals surface area contributed by atoms with Crippen LogP contribution in [0.1, 0.15) is 146 Å². The summed E-state index contributed by atoms with van der Waals surface area (Å²) in [6, 6.07) is 11.5. The lowest BCUT2D eigenvalue weighted by molar-refractivity contribution is -0.134. The summed E-state index contributed by atoms with van der Waals surface area (Å²) in [6.45, 7) is 2.69. The Morgan fingerprint density at radius 1 is 0.608 bits per heavy atom. The number of nitrogens with zero attached hydrogens (tertiary/aromatic N) is 3. The Balaban J connectivity index is 1.24. The van der Waals surface area contributed by atoms with Crippen LogP contribution in [0.25, 0.3) is 10.9 Å². The van der Waals surface area contributed by atoms with Crippen LogP contribution < -0.4 is 54.5 Å². The molecule has 0 saturated carbocycles. The van der Waals surface area contributed by atoms with Crippen molar-refractivity contribution in [3.05, 3.63) is 90.1 Å². The van der Waals surface area contributed by atoms with Crippen LogP contribution in [0.15, 0.2) is 83.4 Å². The van der Waals surface area contributed by atoms with Crippen LogP contribution in [0.5, 0.6) is 0 Å². The predicted molar refractivity (Wildman–Crippen MR) is 308 cm³/mol. The number of amides is 7. The molecule has 0 unspecified atom stereocenters. The van der Waals surface area contributed by atoms with Crippen molar-refractivity contribution in [1.29, 1.82) is 0 Å². The van der Waals surface area contributed by atoms with E-state index in [2.05, 4.69) is 69.3 Å². The molecule has 22 nitrogen and oxygen atoms in total. The van der Waals surface area contributed by atoms with E-state index in [0.717, 1.165) is 41.9 Å². The highest BCUT2D eigenvalue weighted by Crippen LogP contribution is 2.20. The maximum absolute atomic E-state index is 14.3. The molecule has 0 fully saturated rings. The van der Waals surface area contributed by atoms with Crippen LogP contribution in [-0.4, -0.2) is 119 Å². The number of guanidine groups is 1. The number of hydrogen-bond donors (Lipinski definition) is 12. The lowest BCUT2D eigenvalue weighted by Crippen LogP contribution is -2.59. The molecule has 432 valence electrons. The van der Waals surface area contributed by atoms with E-state index < -0.39 is 66.2 Å². The number of aromatic amines is 2. The van der Waals surface area contributed by atoms with Crippen LogP contribution in [0.4, 0.5) is 0 Å². The molecule has 0 bridgehead atoms. The normalized spacial score (nSPS) is 12.7. The monoisotopic (exact) mass is 1090 g/mol. The third-order valence-corrected chi connectivity index (χ3v) is 13.4. The van der Waals surface area contributed by atoms with Gasteiger partial charge in [0, 0.05) is 74.3 Å². The van der Waals surface area contributed by atoms with Gasteiger partial charge in [-0.25, -0.2) is 4.98 Å². The first-order valence-corrected chi connectivity index (χ1v) is 28.2. The molecule has 7 amide bonds. The van der Waals surface area contributed by atoms with Crippen LogP contribution in [0, 0.1) is 0 Å². The molecule has 0 aliphatic heterocycles. The van der Waals surface area contributed by atoms with Crippen molar-refractivity contribution >= 4 is 64.4 Å². The average molecular weight is 1090 g/mol. The molecule has 0 spiro atoms. The smallest absolute Gasteiger partial charge is 0.264 e. The summed E-state index contributed by atoms with van der Waals surface area (Å²) in [6.07, 6.45) is 25.9. The molecule has 0 aliphatic carbocycles. The minimum Gasteiger partial charge on any atom is -0.370 e. The van der Waals surface area contributed by atoms with E-state index in [-0.39, 0.29) is 50.5 Å². The zero-order valence-electron chi connectivity index (χ0n) is 46.1. The lowest BCUT2D eigenvalue weighted by atomic mass is 10.0. The lowest BCUT2D eigenvalue weighted by Gasteiger charge is -2.26. The van der Waals surface area contributed by atoms with E-state index in [1.54, 1.807) is 36.5 Å². The Labute approximate surface area is 464 Å². The van der Waals surface area contributed by atoms with Gasteiger partial charge < -0.3 is 64.5 Å². The highest BCUT2D eigenvalue weighted by atomic mass is 16.2. The number of fused-ring (bicyclic) bond motifs is 1. The van der Waals surface area contributed by atoms with Gasteiger partial charge in [-0.1, -0.05) is 145 Å². The topological polar surface area (TPSA) is 351 Å². The van der Waals surface area contributed by atoms with Crippen LogP contribution in [-0.2, 0) is 52.8 Å². The van der Waals surface area contributed by atoms with Crippen LogP contribution >= 0.6 is 0 Å². The molecular weight excluding hydrogens is 1010 g/mol. The standard InChI is InChI=1S/C57H87N15O7/c1-2-3-4-5-6-7-8-9-10-11-12-13-14-15-19-29-50(73)62-31-23-32-63-51(74)38-67-68-39-52(75)69-49(35-43-37-61-40-66-43)56(79)72-48(33-41-24-17-16-18-25-41)55(78)70-46(28-22-30-64-57(59)60)54(77)71-47(53(58)76)34-42-36-65-45-27-21-20-26-44(42)45/h16-18,20-21,24-27,36-38,40,46-49,65,68H,2-15,19,22-23,28-35,39H2,1H3,(H2,58,76)(H,61,66)(H,62,73)(H,63,74)(H,69,75)(H,70,78)(H,71,77)(H,72,79)(H4,59,60,64)/b67-38+/t46-,47-,48+,49-/m0/s1. The third kappa shape index (κ3) is 26.9. The Morgan fingerprint density at radius 2 is 1.20 bits per heavy atom. The number of hydrazone groups is 1. The number of para-hydroxylation sites is 1. The Morgan fingerprint density at radius 3 is 1.85 bits per heavy atom. The largest absolute Gasteiger partial charge is 0.370 e. The van der Waals surface area contributed by atoms with Crippen molar-refractivity contribution in [1.82, 2.24) is 52.3 Å². The second kappa shape index (κ2) is 37.9. The number of unbranched alkanes of at least 4 members (excludes halogenated alkanes) is 14. The average Bonchev–Trinajstić information content (AvgIpc) is 4.11. The second-order valence-electron chi connectivity index (χ2n) is 20.0. The van der Waals surface area contributed by atoms with Crippen LogP contribution in [0.2, 0.25) is 0 Å². The number of primary amides is 1. The van der Waals surface area contributed by atoms with Gasteiger partial charge in [0.15, 0.2) is 5.96 Å². The highest BCUT2D eigenvalue weighted by Gasteiger charge is 2.32. The fourth-order valence-electron chi connectivity index (χ4n) is 9.00. The van der Waals surface area contributed by atoms with E-state index in [0.29, 0.717) is 37.2 Å². The van der Waals surface area contributed by atoms with E-state index in [9.17, 15) is 33.6 Å². The van der Waals surface area contributed by atoms with Crippen LogP contribution in [0.3, 0.4) is 0 Å². The number of rotatable bonds is 42. The quantitative estimate of drug-likeness (QED) is 0.0131. The molecule has 79 heavy (non-hydrogen) atoms. The Kier molecular flexibility index (Phi) is 30.6. The highest BCUT2D eigenvalue weighted by molar-refractivity contribution is 6.26. The summed E-state index contributed by atoms with van der Waals surface area (Å²) < 4.78 is 0. The number of carbonyl (C=O) groups is 7. The van der Waals surface area contributed by atoms with Crippen molar-refractivity contribution in [2.45, 2.75) is 172 Å². The van der Waals surface area contributed by atoms with E-state index in [1.165, 1.54) is 89.6 Å². The van der Waals surface area contributed by atoms with Crippen molar-refractivity contribution < 1.29 is 33.6 Å². The Bertz CT molecular complexity index is 2490. The molecular formula is C57H87N15O7. The fraction of sp³-hybridized carbons (Fsp3) is 0.544. The predicted octanol–water partition coefficient (Wildman–Crippen LogP) is 3.86. The maximum Gasteiger partial charge on any atom is 0.264 e. The summed E-state index contributed by atoms with van der Waals surface area (Å²) >= 11 is 0. The first-order chi connectivity index (χ1) is 38.3. The van der Waals surface area contributed by atoms with Gasteiger partial charge in [-0.3, -0.25) is 38.6 Å². The van der Waals surface area contributed by atoms with E-state index in [1.807, 2.05) is 24.3 Å².